The van der Waals surface area contributed by atoms with E-state index in [2.05, 4.69) is 5.32 Å². The molecule has 2 N–H and O–H groups in total. The third kappa shape index (κ3) is 5.19. The summed E-state index contributed by atoms with van der Waals surface area (Å²) in [5.41, 5.74) is 0.639. The summed E-state index contributed by atoms with van der Waals surface area (Å²) in [6, 6.07) is 6.92. The van der Waals surface area contributed by atoms with Crippen molar-refractivity contribution in [3.63, 3.8) is 0 Å². The van der Waals surface area contributed by atoms with E-state index in [1.165, 1.54) is 0 Å². The zero-order chi connectivity index (χ0) is 18.5. The maximum absolute atomic E-state index is 12.3. The molecule has 2 amide bonds. The summed E-state index contributed by atoms with van der Waals surface area (Å²) < 4.78 is 10.9. The first-order chi connectivity index (χ1) is 12.5. The molecule has 1 aromatic rings. The molecule has 1 saturated heterocycles. The highest BCUT2D eigenvalue weighted by atomic mass is 16.5. The SMILES string of the molecule is O=C(O)CC1CN(C(=O)COc2cccc(NC(=O)C3CC3)c2)CCO1. The van der Waals surface area contributed by atoms with Crippen molar-refractivity contribution in [1.82, 2.24) is 4.90 Å². The Bertz CT molecular complexity index is 688. The highest BCUT2D eigenvalue weighted by Crippen LogP contribution is 2.30. The molecule has 1 aromatic carbocycles. The smallest absolute Gasteiger partial charge is 0.306 e. The van der Waals surface area contributed by atoms with Crippen LogP contribution in [0.15, 0.2) is 24.3 Å². The van der Waals surface area contributed by atoms with Gasteiger partial charge < -0.3 is 24.8 Å². The fourth-order valence-electron chi connectivity index (χ4n) is 2.75. The summed E-state index contributed by atoms with van der Waals surface area (Å²) in [4.78, 5) is 36.4. The van der Waals surface area contributed by atoms with Crippen molar-refractivity contribution < 1.29 is 29.0 Å². The Morgan fingerprint density at radius 2 is 2.12 bits per heavy atom. The second kappa shape index (κ2) is 8.18. The van der Waals surface area contributed by atoms with Crippen molar-refractivity contribution in [1.29, 1.82) is 0 Å². The molecule has 0 aromatic heterocycles. The molecular weight excluding hydrogens is 340 g/mol. The van der Waals surface area contributed by atoms with E-state index in [0.717, 1.165) is 12.8 Å². The minimum atomic E-state index is -0.953. The van der Waals surface area contributed by atoms with Gasteiger partial charge in [-0.25, -0.2) is 0 Å². The fourth-order valence-corrected chi connectivity index (χ4v) is 2.75. The van der Waals surface area contributed by atoms with Crippen molar-refractivity contribution in [2.75, 3.05) is 31.6 Å². The molecule has 3 rings (SSSR count). The van der Waals surface area contributed by atoms with E-state index >= 15 is 0 Å². The number of hydrogen-bond acceptors (Lipinski definition) is 5. The average Bonchev–Trinajstić information content (AvgIpc) is 3.45. The van der Waals surface area contributed by atoms with Crippen molar-refractivity contribution in [3.8, 4) is 5.75 Å². The minimum absolute atomic E-state index is 0.0102. The van der Waals surface area contributed by atoms with Gasteiger partial charge in [0.15, 0.2) is 6.61 Å². The Kier molecular flexibility index (Phi) is 5.72. The lowest BCUT2D eigenvalue weighted by Gasteiger charge is -2.32. The Hall–Kier alpha value is -2.61. The molecule has 26 heavy (non-hydrogen) atoms. The van der Waals surface area contributed by atoms with Gasteiger partial charge in [-0.2, -0.15) is 0 Å². The van der Waals surface area contributed by atoms with E-state index in [1.54, 1.807) is 29.2 Å². The molecule has 8 heteroatoms. The molecule has 0 bridgehead atoms. The normalized spacial score (nSPS) is 19.7. The van der Waals surface area contributed by atoms with Crippen LogP contribution in [0.3, 0.4) is 0 Å². The molecule has 1 atom stereocenters. The summed E-state index contributed by atoms with van der Waals surface area (Å²) in [6.07, 6.45) is 1.23. The quantitative estimate of drug-likeness (QED) is 0.753. The van der Waals surface area contributed by atoms with Gasteiger partial charge in [0.2, 0.25) is 5.91 Å². The summed E-state index contributed by atoms with van der Waals surface area (Å²) in [6.45, 7) is 0.813. The second-order valence-corrected chi connectivity index (χ2v) is 6.51. The third-order valence-corrected chi connectivity index (χ3v) is 4.31. The number of aliphatic carboxylic acids is 1. The molecule has 1 saturated carbocycles. The molecule has 1 aliphatic carbocycles. The van der Waals surface area contributed by atoms with Gasteiger partial charge in [0, 0.05) is 30.8 Å². The van der Waals surface area contributed by atoms with Crippen LogP contribution in [0.5, 0.6) is 5.75 Å². The van der Waals surface area contributed by atoms with Gasteiger partial charge in [0.05, 0.1) is 19.1 Å². The number of carbonyl (C=O) groups excluding carboxylic acids is 2. The Morgan fingerprint density at radius 1 is 1.31 bits per heavy atom. The van der Waals surface area contributed by atoms with Crippen LogP contribution >= 0.6 is 0 Å². The van der Waals surface area contributed by atoms with Gasteiger partial charge in [-0.1, -0.05) is 6.07 Å². The van der Waals surface area contributed by atoms with Gasteiger partial charge in [-0.15, -0.1) is 0 Å². The summed E-state index contributed by atoms with van der Waals surface area (Å²) >= 11 is 0. The van der Waals surface area contributed by atoms with Crippen molar-refractivity contribution in [2.45, 2.75) is 25.4 Å². The first-order valence-electron chi connectivity index (χ1n) is 8.66. The number of ether oxygens (including phenoxy) is 2. The van der Waals surface area contributed by atoms with Crippen LogP contribution in [-0.4, -0.2) is 60.2 Å². The standard InChI is InChI=1S/C18H22N2O6/c21-16(20-6-7-25-15(10-20)9-17(22)23)11-26-14-3-1-2-13(8-14)19-18(24)12-4-5-12/h1-3,8,12,15H,4-7,9-11H2,(H,19,24)(H,22,23). The topological polar surface area (TPSA) is 105 Å². The predicted octanol–water partition coefficient (Wildman–Crippen LogP) is 1.12. The van der Waals surface area contributed by atoms with E-state index in [1.807, 2.05) is 0 Å². The fraction of sp³-hybridized carbons (Fsp3) is 0.500. The third-order valence-electron chi connectivity index (χ3n) is 4.31. The monoisotopic (exact) mass is 362 g/mol. The van der Waals surface area contributed by atoms with Crippen LogP contribution in [0, 0.1) is 5.92 Å². The number of carboxylic acid groups (broad SMARTS) is 1. The number of amides is 2. The van der Waals surface area contributed by atoms with Gasteiger partial charge in [-0.3, -0.25) is 14.4 Å². The molecule has 2 aliphatic rings. The maximum atomic E-state index is 12.3. The Morgan fingerprint density at radius 3 is 2.85 bits per heavy atom. The van der Waals surface area contributed by atoms with Crippen LogP contribution in [-0.2, 0) is 19.1 Å². The number of carboxylic acids is 1. The van der Waals surface area contributed by atoms with Crippen molar-refractivity contribution in [3.05, 3.63) is 24.3 Å². The average molecular weight is 362 g/mol. The highest BCUT2D eigenvalue weighted by Gasteiger charge is 2.29. The lowest BCUT2D eigenvalue weighted by atomic mass is 10.2. The number of nitrogens with one attached hydrogen (secondary N) is 1. The lowest BCUT2D eigenvalue weighted by Crippen LogP contribution is -2.47. The molecule has 1 aliphatic heterocycles. The van der Waals surface area contributed by atoms with Crippen molar-refractivity contribution in [2.24, 2.45) is 5.92 Å². The van der Waals surface area contributed by atoms with Gasteiger partial charge in [0.25, 0.3) is 5.91 Å². The number of hydrogen-bond donors (Lipinski definition) is 2. The Labute approximate surface area is 151 Å². The number of benzene rings is 1. The van der Waals surface area contributed by atoms with Crippen LogP contribution in [0.4, 0.5) is 5.69 Å². The van der Waals surface area contributed by atoms with Gasteiger partial charge in [0.1, 0.15) is 5.75 Å². The molecule has 1 unspecified atom stereocenters. The molecule has 8 nitrogen and oxygen atoms in total. The molecule has 0 spiro atoms. The Balaban J connectivity index is 1.49. The van der Waals surface area contributed by atoms with Crippen LogP contribution in [0.2, 0.25) is 0 Å². The number of nitrogens with zero attached hydrogens (tertiary/aromatic N) is 1. The zero-order valence-electron chi connectivity index (χ0n) is 14.3. The van der Waals surface area contributed by atoms with Gasteiger partial charge >= 0.3 is 5.97 Å². The van der Waals surface area contributed by atoms with E-state index in [4.69, 9.17) is 14.6 Å². The van der Waals surface area contributed by atoms with Crippen molar-refractivity contribution >= 4 is 23.5 Å². The molecule has 0 radical (unpaired) electrons. The molecular formula is C18H22N2O6. The summed E-state index contributed by atoms with van der Waals surface area (Å²) in [5.74, 6) is -0.568. The number of morpholine rings is 1. The van der Waals surface area contributed by atoms with Crippen LogP contribution in [0.25, 0.3) is 0 Å². The molecule has 1 heterocycles. The largest absolute Gasteiger partial charge is 0.484 e. The highest BCUT2D eigenvalue weighted by molar-refractivity contribution is 5.94. The second-order valence-electron chi connectivity index (χ2n) is 6.51. The predicted molar refractivity (Wildman–Crippen MR) is 91.9 cm³/mol. The summed E-state index contributed by atoms with van der Waals surface area (Å²) in [5, 5.41) is 11.7. The number of carbonyl (C=O) groups is 3. The van der Waals surface area contributed by atoms with E-state index in [0.29, 0.717) is 24.6 Å². The van der Waals surface area contributed by atoms with E-state index < -0.39 is 12.1 Å². The number of anilines is 1. The zero-order valence-corrected chi connectivity index (χ0v) is 14.3. The van der Waals surface area contributed by atoms with E-state index in [9.17, 15) is 14.4 Å². The minimum Gasteiger partial charge on any atom is -0.484 e. The first kappa shape index (κ1) is 18.2. The molecule has 2 fully saturated rings. The lowest BCUT2D eigenvalue weighted by molar-refractivity contribution is -0.148. The number of rotatable bonds is 7. The van der Waals surface area contributed by atoms with E-state index in [-0.39, 0.29) is 37.3 Å². The van der Waals surface area contributed by atoms with Crippen LogP contribution in [0.1, 0.15) is 19.3 Å². The first-order valence-corrected chi connectivity index (χ1v) is 8.66. The van der Waals surface area contributed by atoms with Crippen LogP contribution < -0.4 is 10.1 Å². The molecule has 140 valence electrons. The van der Waals surface area contributed by atoms with Gasteiger partial charge in [-0.05, 0) is 25.0 Å². The summed E-state index contributed by atoms with van der Waals surface area (Å²) in [7, 11) is 0. The maximum Gasteiger partial charge on any atom is 0.306 e.